The Morgan fingerprint density at radius 2 is 1.86 bits per heavy atom. The molecule has 0 unspecified atom stereocenters. The normalized spacial score (nSPS) is 22.5. The first-order chi connectivity index (χ1) is 10.5. The third kappa shape index (κ3) is 4.71. The highest BCUT2D eigenvalue weighted by Crippen LogP contribution is 2.25. The molecule has 0 heterocycles. The number of unbranched alkanes of at least 4 members (excludes halogenated alkanes) is 1. The second kappa shape index (κ2) is 7.97. The lowest BCUT2D eigenvalue weighted by atomic mass is 9.87. The van der Waals surface area contributed by atoms with Crippen LogP contribution in [0.4, 0.5) is 0 Å². The maximum atomic E-state index is 12.5. The zero-order chi connectivity index (χ0) is 16.0. The van der Waals surface area contributed by atoms with E-state index < -0.39 is 10.0 Å². The van der Waals surface area contributed by atoms with Gasteiger partial charge in [0.25, 0.3) is 0 Å². The van der Waals surface area contributed by atoms with Crippen molar-refractivity contribution in [3.63, 3.8) is 0 Å². The van der Waals surface area contributed by atoms with E-state index in [2.05, 4.69) is 18.6 Å². The van der Waals surface area contributed by atoms with Gasteiger partial charge < -0.3 is 4.74 Å². The first-order valence-electron chi connectivity index (χ1n) is 8.28. The van der Waals surface area contributed by atoms with Crippen molar-refractivity contribution in [3.05, 3.63) is 24.3 Å². The van der Waals surface area contributed by atoms with Crippen LogP contribution in [0.2, 0.25) is 0 Å². The molecule has 0 saturated heterocycles. The van der Waals surface area contributed by atoms with Gasteiger partial charge in [-0.1, -0.05) is 33.1 Å². The number of hydrogen-bond donors (Lipinski definition) is 1. The van der Waals surface area contributed by atoms with Crippen molar-refractivity contribution >= 4 is 10.0 Å². The van der Waals surface area contributed by atoms with E-state index in [0.29, 0.717) is 17.4 Å². The van der Waals surface area contributed by atoms with Crippen LogP contribution in [0.15, 0.2) is 29.2 Å². The Bertz CT molecular complexity index is 554. The van der Waals surface area contributed by atoms with Crippen LogP contribution in [0.1, 0.15) is 52.4 Å². The fourth-order valence-electron chi connectivity index (χ4n) is 2.81. The number of hydrogen-bond acceptors (Lipinski definition) is 3. The summed E-state index contributed by atoms with van der Waals surface area (Å²) >= 11 is 0. The molecule has 1 N–H and O–H groups in total. The van der Waals surface area contributed by atoms with E-state index in [1.807, 2.05) is 0 Å². The van der Waals surface area contributed by atoms with Gasteiger partial charge in [0.2, 0.25) is 10.0 Å². The summed E-state index contributed by atoms with van der Waals surface area (Å²) in [7, 11) is -3.44. The van der Waals surface area contributed by atoms with Crippen molar-refractivity contribution in [1.82, 2.24) is 4.72 Å². The van der Waals surface area contributed by atoms with Crippen LogP contribution in [0.25, 0.3) is 0 Å². The van der Waals surface area contributed by atoms with Crippen LogP contribution in [0.3, 0.4) is 0 Å². The SMILES string of the molecule is CCCCOc1ccc(S(=O)(=O)N[C@H]2CCCC[C@@H]2C)cc1. The average molecular weight is 325 g/mol. The maximum absolute atomic E-state index is 12.5. The zero-order valence-electron chi connectivity index (χ0n) is 13.5. The van der Waals surface area contributed by atoms with Crippen molar-refractivity contribution in [2.45, 2.75) is 63.3 Å². The lowest BCUT2D eigenvalue weighted by molar-refractivity contribution is 0.308. The predicted molar refractivity (Wildman–Crippen MR) is 88.6 cm³/mol. The number of ether oxygens (including phenoxy) is 1. The fraction of sp³-hybridized carbons (Fsp3) is 0.647. The third-order valence-electron chi connectivity index (χ3n) is 4.32. The van der Waals surface area contributed by atoms with Gasteiger partial charge in [0, 0.05) is 6.04 Å². The second-order valence-corrected chi connectivity index (χ2v) is 7.88. The molecule has 1 aliphatic carbocycles. The van der Waals surface area contributed by atoms with Gasteiger partial charge in [0.05, 0.1) is 11.5 Å². The van der Waals surface area contributed by atoms with Gasteiger partial charge in [-0.05, 0) is 49.4 Å². The summed E-state index contributed by atoms with van der Waals surface area (Å²) in [6, 6.07) is 6.76. The van der Waals surface area contributed by atoms with Crippen LogP contribution < -0.4 is 9.46 Å². The Hall–Kier alpha value is -1.07. The number of rotatable bonds is 7. The van der Waals surface area contributed by atoms with Gasteiger partial charge in [-0.15, -0.1) is 0 Å². The van der Waals surface area contributed by atoms with Crippen LogP contribution in [0, 0.1) is 5.92 Å². The molecule has 0 amide bonds. The van der Waals surface area contributed by atoms with Crippen molar-refractivity contribution in [3.8, 4) is 5.75 Å². The molecule has 22 heavy (non-hydrogen) atoms. The molecule has 0 aliphatic heterocycles. The van der Waals surface area contributed by atoms with Gasteiger partial charge >= 0.3 is 0 Å². The molecule has 0 aromatic heterocycles. The summed E-state index contributed by atoms with van der Waals surface area (Å²) in [6.45, 7) is 4.90. The average Bonchev–Trinajstić information content (AvgIpc) is 2.50. The fourth-order valence-corrected chi connectivity index (χ4v) is 4.19. The highest BCUT2D eigenvalue weighted by molar-refractivity contribution is 7.89. The predicted octanol–water partition coefficient (Wildman–Crippen LogP) is 3.72. The highest BCUT2D eigenvalue weighted by Gasteiger charge is 2.26. The first-order valence-corrected chi connectivity index (χ1v) is 9.76. The minimum atomic E-state index is -3.44. The Balaban J connectivity index is 1.99. The molecule has 0 radical (unpaired) electrons. The topological polar surface area (TPSA) is 55.4 Å². The van der Waals surface area contributed by atoms with Gasteiger partial charge in [0.15, 0.2) is 0 Å². The van der Waals surface area contributed by atoms with Crippen LogP contribution in [-0.2, 0) is 10.0 Å². The van der Waals surface area contributed by atoms with Crippen molar-refractivity contribution in [2.75, 3.05) is 6.61 Å². The summed E-state index contributed by atoms with van der Waals surface area (Å²) in [5.74, 6) is 1.12. The molecule has 2 rings (SSSR count). The highest BCUT2D eigenvalue weighted by atomic mass is 32.2. The standard InChI is InChI=1S/C17H27NO3S/c1-3-4-13-21-15-9-11-16(12-10-15)22(19,20)18-17-8-6-5-7-14(17)2/h9-12,14,17-18H,3-8,13H2,1-2H3/t14-,17-/m0/s1. The first kappa shape index (κ1) is 17.3. The van der Waals surface area contributed by atoms with Crippen LogP contribution in [-0.4, -0.2) is 21.1 Å². The molecule has 1 saturated carbocycles. The van der Waals surface area contributed by atoms with Crippen LogP contribution in [0.5, 0.6) is 5.75 Å². The van der Waals surface area contributed by atoms with E-state index >= 15 is 0 Å². The number of benzene rings is 1. The van der Waals surface area contributed by atoms with E-state index in [9.17, 15) is 8.42 Å². The molecule has 1 aliphatic rings. The summed E-state index contributed by atoms with van der Waals surface area (Å²) in [5.41, 5.74) is 0. The minimum Gasteiger partial charge on any atom is -0.494 e. The van der Waals surface area contributed by atoms with E-state index in [1.165, 1.54) is 6.42 Å². The Morgan fingerprint density at radius 1 is 1.18 bits per heavy atom. The van der Waals surface area contributed by atoms with Gasteiger partial charge in [0.1, 0.15) is 5.75 Å². The second-order valence-electron chi connectivity index (χ2n) is 6.16. The zero-order valence-corrected chi connectivity index (χ0v) is 14.4. The molecule has 5 heteroatoms. The van der Waals surface area contributed by atoms with Crippen LogP contribution >= 0.6 is 0 Å². The Kier molecular flexibility index (Phi) is 6.26. The van der Waals surface area contributed by atoms with Gasteiger partial charge in [-0.25, -0.2) is 13.1 Å². The molecule has 2 atom stereocenters. The molecule has 0 spiro atoms. The van der Waals surface area contributed by atoms with Gasteiger partial charge in [-0.3, -0.25) is 0 Å². The largest absolute Gasteiger partial charge is 0.494 e. The lowest BCUT2D eigenvalue weighted by Gasteiger charge is -2.29. The van der Waals surface area contributed by atoms with E-state index in [-0.39, 0.29) is 6.04 Å². The summed E-state index contributed by atoms with van der Waals surface area (Å²) in [5, 5.41) is 0. The molecular formula is C17H27NO3S. The van der Waals surface area contributed by atoms with Gasteiger partial charge in [-0.2, -0.15) is 0 Å². The Labute approximate surface area is 134 Å². The van der Waals surface area contributed by atoms with E-state index in [4.69, 9.17) is 4.74 Å². The molecule has 124 valence electrons. The molecule has 0 bridgehead atoms. The number of nitrogens with one attached hydrogen (secondary N) is 1. The van der Waals surface area contributed by atoms with E-state index in [0.717, 1.165) is 37.9 Å². The summed E-state index contributed by atoms with van der Waals surface area (Å²) in [6.07, 6.45) is 6.40. The minimum absolute atomic E-state index is 0.0548. The van der Waals surface area contributed by atoms with E-state index in [1.54, 1.807) is 24.3 Å². The molecule has 4 nitrogen and oxygen atoms in total. The lowest BCUT2D eigenvalue weighted by Crippen LogP contribution is -2.40. The smallest absolute Gasteiger partial charge is 0.240 e. The quantitative estimate of drug-likeness (QED) is 0.777. The van der Waals surface area contributed by atoms with Crippen molar-refractivity contribution in [1.29, 1.82) is 0 Å². The molecule has 1 aromatic carbocycles. The maximum Gasteiger partial charge on any atom is 0.240 e. The monoisotopic (exact) mass is 325 g/mol. The molecule has 1 aromatic rings. The van der Waals surface area contributed by atoms with Crippen molar-refractivity contribution in [2.24, 2.45) is 5.92 Å². The molecular weight excluding hydrogens is 298 g/mol. The third-order valence-corrected chi connectivity index (χ3v) is 5.82. The number of sulfonamides is 1. The Morgan fingerprint density at radius 3 is 2.50 bits per heavy atom. The summed E-state index contributed by atoms with van der Waals surface area (Å²) in [4.78, 5) is 0.313. The molecule has 1 fully saturated rings. The summed E-state index contributed by atoms with van der Waals surface area (Å²) < 4.78 is 33.4. The van der Waals surface area contributed by atoms with Crippen molar-refractivity contribution < 1.29 is 13.2 Å².